The first kappa shape index (κ1) is 21.9. The molecular weight excluding hydrogens is 438 g/mol. The Balaban J connectivity index is 1.92. The quantitative estimate of drug-likeness (QED) is 0.411. The van der Waals surface area contributed by atoms with Crippen LogP contribution in [0.2, 0.25) is 0 Å². The molecule has 1 amide bonds. The van der Waals surface area contributed by atoms with E-state index >= 15 is 0 Å². The third-order valence-corrected chi connectivity index (χ3v) is 5.70. The topological polar surface area (TPSA) is 56.1 Å². The minimum absolute atomic E-state index is 0.0495. The Morgan fingerprint density at radius 2 is 2.03 bits per heavy atom. The summed E-state index contributed by atoms with van der Waals surface area (Å²) in [6.07, 6.45) is 4.99. The summed E-state index contributed by atoms with van der Waals surface area (Å²) in [6.45, 7) is 9.72. The lowest BCUT2D eigenvalue weighted by molar-refractivity contribution is -0.112. The van der Waals surface area contributed by atoms with E-state index in [0.29, 0.717) is 5.69 Å². The molecule has 0 spiro atoms. The summed E-state index contributed by atoms with van der Waals surface area (Å²) in [5, 5.41) is 12.3. The molecule has 154 valence electrons. The van der Waals surface area contributed by atoms with Crippen LogP contribution in [-0.4, -0.2) is 18.0 Å². The van der Waals surface area contributed by atoms with Crippen LogP contribution < -0.4 is 10.2 Å². The van der Waals surface area contributed by atoms with Gasteiger partial charge in [-0.2, -0.15) is 5.26 Å². The number of rotatable bonds is 5. The van der Waals surface area contributed by atoms with Crippen LogP contribution in [0.1, 0.15) is 45.2 Å². The smallest absolute Gasteiger partial charge is 0.266 e. The number of carbonyl (C=O) groups is 1. The van der Waals surface area contributed by atoms with Gasteiger partial charge in [-0.15, -0.1) is 0 Å². The number of halogens is 1. The largest absolute Gasteiger partial charge is 0.362 e. The van der Waals surface area contributed by atoms with Crippen LogP contribution in [0.3, 0.4) is 0 Å². The number of nitrogens with zero attached hydrogens (tertiary/aromatic N) is 2. The summed E-state index contributed by atoms with van der Waals surface area (Å²) in [5.74, 6) is -0.422. The maximum absolute atomic E-state index is 12.6. The summed E-state index contributed by atoms with van der Waals surface area (Å²) in [7, 11) is 0. The summed E-state index contributed by atoms with van der Waals surface area (Å²) >= 11 is 3.38. The fraction of sp³-hybridized carbons (Fsp3) is 0.280. The lowest BCUT2D eigenvalue weighted by Crippen LogP contribution is -2.45. The first-order valence-corrected chi connectivity index (χ1v) is 10.8. The molecule has 3 rings (SSSR count). The van der Waals surface area contributed by atoms with Crippen molar-refractivity contribution in [2.45, 2.75) is 39.7 Å². The molecule has 0 aliphatic carbocycles. The molecule has 0 unspecified atom stereocenters. The number of nitrogens with one attached hydrogen (secondary N) is 1. The molecule has 1 heterocycles. The predicted molar refractivity (Wildman–Crippen MR) is 128 cm³/mol. The molecule has 0 bridgehead atoms. The van der Waals surface area contributed by atoms with Crippen molar-refractivity contribution >= 4 is 44.9 Å². The van der Waals surface area contributed by atoms with E-state index in [1.54, 1.807) is 18.2 Å². The summed E-state index contributed by atoms with van der Waals surface area (Å²) < 4.78 is 0.860. The molecule has 0 fully saturated rings. The van der Waals surface area contributed by atoms with Gasteiger partial charge in [-0.25, -0.2) is 0 Å². The first-order valence-electron chi connectivity index (χ1n) is 10.1. The summed E-state index contributed by atoms with van der Waals surface area (Å²) in [5.41, 5.74) is 5.02. The Hall–Kier alpha value is -2.84. The molecule has 0 saturated heterocycles. The second kappa shape index (κ2) is 8.89. The zero-order valence-corrected chi connectivity index (χ0v) is 19.4. The number of benzene rings is 2. The average molecular weight is 464 g/mol. The number of amides is 1. The van der Waals surface area contributed by atoms with Crippen LogP contribution in [0, 0.1) is 11.3 Å². The zero-order valence-electron chi connectivity index (χ0n) is 17.8. The molecule has 0 radical (unpaired) electrons. The molecule has 2 aromatic rings. The summed E-state index contributed by atoms with van der Waals surface area (Å²) in [6, 6.07) is 15.4. The van der Waals surface area contributed by atoms with Crippen molar-refractivity contribution in [3.8, 4) is 6.07 Å². The highest BCUT2D eigenvalue weighted by Crippen LogP contribution is 2.39. The fourth-order valence-corrected chi connectivity index (χ4v) is 4.30. The molecule has 1 N–H and O–H groups in total. The second-order valence-corrected chi connectivity index (χ2v) is 8.96. The van der Waals surface area contributed by atoms with Crippen LogP contribution in [0.15, 0.2) is 58.6 Å². The number of carbonyl (C=O) groups excluding carboxylic acids is 1. The van der Waals surface area contributed by atoms with Gasteiger partial charge in [0.2, 0.25) is 0 Å². The van der Waals surface area contributed by atoms with Crippen LogP contribution in [0.5, 0.6) is 0 Å². The maximum atomic E-state index is 12.6. The van der Waals surface area contributed by atoms with Gasteiger partial charge in [0, 0.05) is 28.0 Å². The van der Waals surface area contributed by atoms with Crippen molar-refractivity contribution in [3.05, 3.63) is 69.7 Å². The zero-order chi connectivity index (χ0) is 21.9. The number of nitriles is 1. The number of allylic oxidation sites excluding steroid dienone is 1. The molecule has 0 saturated carbocycles. The van der Waals surface area contributed by atoms with Gasteiger partial charge in [-0.05, 0) is 74.7 Å². The van der Waals surface area contributed by atoms with Gasteiger partial charge in [0.1, 0.15) is 11.6 Å². The van der Waals surface area contributed by atoms with E-state index < -0.39 is 5.91 Å². The molecule has 1 aliphatic rings. The second-order valence-electron chi connectivity index (χ2n) is 8.04. The van der Waals surface area contributed by atoms with Crippen molar-refractivity contribution < 1.29 is 4.79 Å². The van der Waals surface area contributed by atoms with Crippen molar-refractivity contribution in [2.75, 3.05) is 16.8 Å². The van der Waals surface area contributed by atoms with Gasteiger partial charge < -0.3 is 10.2 Å². The third kappa shape index (κ3) is 4.66. The Kier molecular flexibility index (Phi) is 6.48. The lowest BCUT2D eigenvalue weighted by Gasteiger charge is -2.43. The van der Waals surface area contributed by atoms with Gasteiger partial charge in [-0.3, -0.25) is 4.79 Å². The fourth-order valence-electron chi connectivity index (χ4n) is 3.90. The van der Waals surface area contributed by atoms with E-state index in [0.717, 1.165) is 28.6 Å². The monoisotopic (exact) mass is 463 g/mol. The van der Waals surface area contributed by atoms with E-state index in [9.17, 15) is 10.1 Å². The van der Waals surface area contributed by atoms with E-state index in [4.69, 9.17) is 0 Å². The van der Waals surface area contributed by atoms with Gasteiger partial charge in [0.05, 0.1) is 5.54 Å². The molecule has 0 atom stereocenters. The van der Waals surface area contributed by atoms with Crippen molar-refractivity contribution in [3.63, 3.8) is 0 Å². The molecule has 0 aromatic heterocycles. The standard InChI is InChI=1S/C25H26BrN3O/c1-5-11-29-23-10-9-18(13-22(23)17(2)15-25(29,3)4)12-19(16-27)24(30)28-21-8-6-7-20(26)14-21/h6-10,12-15H,5,11H2,1-4H3,(H,28,30)/b19-12+. The van der Waals surface area contributed by atoms with Crippen LogP contribution in [-0.2, 0) is 4.79 Å². The number of hydrogen-bond acceptors (Lipinski definition) is 3. The molecule has 30 heavy (non-hydrogen) atoms. The number of anilines is 2. The van der Waals surface area contributed by atoms with Crippen molar-refractivity contribution in [1.29, 1.82) is 5.26 Å². The van der Waals surface area contributed by atoms with Crippen LogP contribution in [0.4, 0.5) is 11.4 Å². The number of fused-ring (bicyclic) bond motifs is 1. The molecular formula is C25H26BrN3O. The highest BCUT2D eigenvalue weighted by atomic mass is 79.9. The van der Waals surface area contributed by atoms with Crippen LogP contribution >= 0.6 is 15.9 Å². The van der Waals surface area contributed by atoms with Crippen molar-refractivity contribution in [1.82, 2.24) is 0 Å². The minimum Gasteiger partial charge on any atom is -0.362 e. The maximum Gasteiger partial charge on any atom is 0.266 e. The minimum atomic E-state index is -0.422. The highest BCUT2D eigenvalue weighted by Gasteiger charge is 2.30. The van der Waals surface area contributed by atoms with E-state index in [1.807, 2.05) is 24.3 Å². The molecule has 2 aromatic carbocycles. The molecule has 4 nitrogen and oxygen atoms in total. The predicted octanol–water partition coefficient (Wildman–Crippen LogP) is 6.41. The van der Waals surface area contributed by atoms with Gasteiger partial charge in [-0.1, -0.05) is 41.1 Å². The summed E-state index contributed by atoms with van der Waals surface area (Å²) in [4.78, 5) is 15.0. The Morgan fingerprint density at radius 3 is 2.70 bits per heavy atom. The van der Waals surface area contributed by atoms with E-state index in [1.165, 1.54) is 11.3 Å². The van der Waals surface area contributed by atoms with Crippen molar-refractivity contribution in [2.24, 2.45) is 0 Å². The average Bonchev–Trinajstić information content (AvgIpc) is 2.69. The van der Waals surface area contributed by atoms with Crippen LogP contribution in [0.25, 0.3) is 11.6 Å². The Bertz CT molecular complexity index is 1080. The van der Waals surface area contributed by atoms with Gasteiger partial charge in [0.25, 0.3) is 5.91 Å². The van der Waals surface area contributed by atoms with Gasteiger partial charge in [0.15, 0.2) is 0 Å². The SMILES string of the molecule is CCCN1c2ccc(/C=C(\C#N)C(=O)Nc3cccc(Br)c3)cc2C(C)=CC1(C)C. The lowest BCUT2D eigenvalue weighted by atomic mass is 9.87. The third-order valence-electron chi connectivity index (χ3n) is 5.21. The van der Waals surface area contributed by atoms with E-state index in [2.05, 4.69) is 72.1 Å². The molecule has 5 heteroatoms. The Morgan fingerprint density at radius 1 is 1.27 bits per heavy atom. The normalized spacial score (nSPS) is 15.1. The first-order chi connectivity index (χ1) is 14.2. The molecule has 1 aliphatic heterocycles. The van der Waals surface area contributed by atoms with Gasteiger partial charge >= 0.3 is 0 Å². The number of hydrogen-bond donors (Lipinski definition) is 1. The highest BCUT2D eigenvalue weighted by molar-refractivity contribution is 9.10. The van der Waals surface area contributed by atoms with E-state index in [-0.39, 0.29) is 11.1 Å². The Labute approximate surface area is 187 Å².